The predicted octanol–water partition coefficient (Wildman–Crippen LogP) is 4.38. The van der Waals surface area contributed by atoms with E-state index in [1.807, 2.05) is 68.5 Å². The lowest BCUT2D eigenvalue weighted by atomic mass is 10.1. The highest BCUT2D eigenvalue weighted by Gasteiger charge is 2.21. The van der Waals surface area contributed by atoms with Crippen LogP contribution in [0.3, 0.4) is 0 Å². The second-order valence-electron chi connectivity index (χ2n) is 5.37. The Balaban J connectivity index is 1.84. The largest absolute Gasteiger partial charge is 0.494 e. The van der Waals surface area contributed by atoms with Gasteiger partial charge in [-0.2, -0.15) is 0 Å². The van der Waals surface area contributed by atoms with Gasteiger partial charge in [0.25, 0.3) is 0 Å². The molecule has 0 bridgehead atoms. The number of ether oxygens (including phenoxy) is 2. The highest BCUT2D eigenvalue weighted by Crippen LogP contribution is 2.27. The van der Waals surface area contributed by atoms with Crippen molar-refractivity contribution in [2.45, 2.75) is 13.8 Å². The second-order valence-corrected chi connectivity index (χ2v) is 5.37. The van der Waals surface area contributed by atoms with Gasteiger partial charge in [0.15, 0.2) is 0 Å². The summed E-state index contributed by atoms with van der Waals surface area (Å²) in [6.45, 7) is 4.60. The zero-order valence-corrected chi connectivity index (χ0v) is 13.2. The third kappa shape index (κ3) is 3.51. The molecule has 0 saturated heterocycles. The normalized spacial score (nSPS) is 15.5. The van der Waals surface area contributed by atoms with Crippen LogP contribution < -0.4 is 4.74 Å². The summed E-state index contributed by atoms with van der Waals surface area (Å²) in [4.78, 5) is 12.0. The number of carbonyl (C=O) groups is 1. The van der Waals surface area contributed by atoms with Gasteiger partial charge in [-0.1, -0.05) is 42.0 Å². The van der Waals surface area contributed by atoms with Crippen LogP contribution in [0.15, 0.2) is 60.2 Å². The first-order chi connectivity index (χ1) is 11.2. The number of hydrogen-bond acceptors (Lipinski definition) is 3. The molecule has 23 heavy (non-hydrogen) atoms. The number of rotatable bonds is 4. The average molecular weight is 306 g/mol. The maximum atomic E-state index is 12.0. The van der Waals surface area contributed by atoms with E-state index < -0.39 is 0 Å². The molecule has 1 aliphatic heterocycles. The molecule has 3 heteroatoms. The van der Waals surface area contributed by atoms with Gasteiger partial charge in [-0.05, 0) is 43.7 Å². The third-order valence-electron chi connectivity index (χ3n) is 3.57. The van der Waals surface area contributed by atoms with Gasteiger partial charge in [0.2, 0.25) is 0 Å². The number of aryl methyl sites for hydroxylation is 1. The fourth-order valence-electron chi connectivity index (χ4n) is 2.36. The Bertz CT molecular complexity index is 766. The van der Waals surface area contributed by atoms with Gasteiger partial charge in [-0.15, -0.1) is 0 Å². The van der Waals surface area contributed by atoms with E-state index in [1.54, 1.807) is 6.08 Å². The molecule has 0 aromatic heterocycles. The Morgan fingerprint density at radius 2 is 1.74 bits per heavy atom. The molecule has 3 nitrogen and oxygen atoms in total. The van der Waals surface area contributed by atoms with Crippen molar-refractivity contribution >= 4 is 17.8 Å². The summed E-state index contributed by atoms with van der Waals surface area (Å²) >= 11 is 0. The quantitative estimate of drug-likeness (QED) is 0.621. The van der Waals surface area contributed by atoms with E-state index >= 15 is 0 Å². The number of esters is 1. The van der Waals surface area contributed by atoms with Crippen LogP contribution in [-0.2, 0) is 9.53 Å². The van der Waals surface area contributed by atoms with Crippen molar-refractivity contribution in [1.82, 2.24) is 0 Å². The molecule has 0 spiro atoms. The highest BCUT2D eigenvalue weighted by molar-refractivity contribution is 6.05. The summed E-state index contributed by atoms with van der Waals surface area (Å²) in [6.07, 6.45) is 3.60. The molecule has 0 atom stereocenters. The molecule has 2 aromatic carbocycles. The van der Waals surface area contributed by atoms with Crippen LogP contribution in [0.5, 0.6) is 5.75 Å². The number of hydrogen-bond donors (Lipinski definition) is 0. The fraction of sp³-hybridized carbons (Fsp3) is 0.150. The van der Waals surface area contributed by atoms with Crippen molar-refractivity contribution < 1.29 is 14.3 Å². The molecular formula is C20H18O3. The molecule has 0 saturated carbocycles. The van der Waals surface area contributed by atoms with Gasteiger partial charge < -0.3 is 9.47 Å². The van der Waals surface area contributed by atoms with Gasteiger partial charge in [0.1, 0.15) is 11.5 Å². The van der Waals surface area contributed by atoms with Crippen LogP contribution in [0, 0.1) is 6.92 Å². The topological polar surface area (TPSA) is 35.5 Å². The van der Waals surface area contributed by atoms with Crippen LogP contribution in [0.2, 0.25) is 0 Å². The van der Waals surface area contributed by atoms with E-state index in [0.717, 1.165) is 16.9 Å². The van der Waals surface area contributed by atoms with Gasteiger partial charge in [-0.25, -0.2) is 4.79 Å². The van der Waals surface area contributed by atoms with Gasteiger partial charge in [0.05, 0.1) is 12.2 Å². The fourth-order valence-corrected chi connectivity index (χ4v) is 2.36. The molecule has 3 rings (SSSR count). The highest BCUT2D eigenvalue weighted by atomic mass is 16.5. The van der Waals surface area contributed by atoms with Crippen LogP contribution in [0.4, 0.5) is 0 Å². The van der Waals surface area contributed by atoms with Crippen LogP contribution in [0.1, 0.15) is 23.6 Å². The van der Waals surface area contributed by atoms with E-state index in [1.165, 1.54) is 5.56 Å². The lowest BCUT2D eigenvalue weighted by Gasteiger charge is -2.02. The van der Waals surface area contributed by atoms with Crippen molar-refractivity contribution in [1.29, 1.82) is 0 Å². The Hall–Kier alpha value is -2.81. The van der Waals surface area contributed by atoms with Crippen molar-refractivity contribution in [2.75, 3.05) is 6.61 Å². The minimum absolute atomic E-state index is 0.325. The maximum Gasteiger partial charge on any atom is 0.343 e. The van der Waals surface area contributed by atoms with Crippen molar-refractivity contribution in [2.24, 2.45) is 0 Å². The zero-order chi connectivity index (χ0) is 16.2. The second kappa shape index (κ2) is 6.53. The Morgan fingerprint density at radius 3 is 2.39 bits per heavy atom. The minimum atomic E-state index is -0.325. The summed E-state index contributed by atoms with van der Waals surface area (Å²) in [5, 5.41) is 0. The Kier molecular flexibility index (Phi) is 4.29. The third-order valence-corrected chi connectivity index (χ3v) is 3.57. The summed E-state index contributed by atoms with van der Waals surface area (Å²) < 4.78 is 10.8. The van der Waals surface area contributed by atoms with E-state index in [4.69, 9.17) is 9.47 Å². The van der Waals surface area contributed by atoms with Crippen molar-refractivity contribution in [3.05, 3.63) is 76.9 Å². The summed E-state index contributed by atoms with van der Waals surface area (Å²) in [5.41, 5.74) is 3.55. The average Bonchev–Trinajstić information content (AvgIpc) is 2.91. The number of cyclic esters (lactones) is 1. The molecular weight excluding hydrogens is 288 g/mol. The summed E-state index contributed by atoms with van der Waals surface area (Å²) in [6, 6.07) is 15.5. The first-order valence-electron chi connectivity index (χ1n) is 7.61. The standard InChI is InChI=1S/C20H18O3/c1-3-22-18-10-6-15(7-11-18)12-17-13-19(23-20(17)21)16-8-4-14(2)5-9-16/h4-13H,3H2,1-2H3/b17-12-. The van der Waals surface area contributed by atoms with E-state index in [0.29, 0.717) is 17.9 Å². The number of carbonyl (C=O) groups excluding carboxylic acids is 1. The van der Waals surface area contributed by atoms with E-state index in [9.17, 15) is 4.79 Å². The molecule has 0 unspecified atom stereocenters. The van der Waals surface area contributed by atoms with Crippen LogP contribution >= 0.6 is 0 Å². The first kappa shape index (κ1) is 15.1. The lowest BCUT2D eigenvalue weighted by Crippen LogP contribution is -1.97. The molecule has 0 amide bonds. The summed E-state index contributed by atoms with van der Waals surface area (Å²) in [5.74, 6) is 1.08. The van der Waals surface area contributed by atoms with Crippen molar-refractivity contribution in [3.63, 3.8) is 0 Å². The first-order valence-corrected chi connectivity index (χ1v) is 7.61. The number of benzene rings is 2. The van der Waals surface area contributed by atoms with Crippen LogP contribution in [0.25, 0.3) is 11.8 Å². The predicted molar refractivity (Wildman–Crippen MR) is 90.8 cm³/mol. The molecule has 1 heterocycles. The minimum Gasteiger partial charge on any atom is -0.494 e. The molecule has 1 aliphatic rings. The van der Waals surface area contributed by atoms with Gasteiger partial charge in [0, 0.05) is 5.56 Å². The smallest absolute Gasteiger partial charge is 0.343 e. The molecule has 0 aliphatic carbocycles. The maximum absolute atomic E-state index is 12.0. The lowest BCUT2D eigenvalue weighted by molar-refractivity contribution is -0.130. The molecule has 0 fully saturated rings. The van der Waals surface area contributed by atoms with Crippen LogP contribution in [-0.4, -0.2) is 12.6 Å². The Labute approximate surface area is 135 Å². The molecule has 116 valence electrons. The monoisotopic (exact) mass is 306 g/mol. The molecule has 2 aromatic rings. The van der Waals surface area contributed by atoms with E-state index in [-0.39, 0.29) is 5.97 Å². The van der Waals surface area contributed by atoms with Gasteiger partial charge in [-0.3, -0.25) is 0 Å². The molecule has 0 radical (unpaired) electrons. The summed E-state index contributed by atoms with van der Waals surface area (Å²) in [7, 11) is 0. The van der Waals surface area contributed by atoms with Gasteiger partial charge >= 0.3 is 5.97 Å². The SMILES string of the molecule is CCOc1ccc(/C=C2/C=C(c3ccc(C)cc3)OC2=O)cc1. The molecule has 0 N–H and O–H groups in total. The van der Waals surface area contributed by atoms with E-state index in [2.05, 4.69) is 0 Å². The van der Waals surface area contributed by atoms with Crippen molar-refractivity contribution in [3.8, 4) is 5.75 Å². The zero-order valence-electron chi connectivity index (χ0n) is 13.2. The Morgan fingerprint density at radius 1 is 1.04 bits per heavy atom.